The van der Waals surface area contributed by atoms with Crippen molar-refractivity contribution in [2.24, 2.45) is 0 Å². The molecule has 0 radical (unpaired) electrons. The summed E-state index contributed by atoms with van der Waals surface area (Å²) in [4.78, 5) is 8.90. The van der Waals surface area contributed by atoms with Gasteiger partial charge in [0.25, 0.3) is 0 Å². The van der Waals surface area contributed by atoms with Gasteiger partial charge in [0.05, 0.1) is 22.9 Å². The van der Waals surface area contributed by atoms with Crippen molar-refractivity contribution >= 4 is 21.4 Å². The molecule has 2 aromatic heterocycles. The second kappa shape index (κ2) is 10.1. The number of hydrogen-bond acceptors (Lipinski definition) is 6. The van der Waals surface area contributed by atoms with E-state index in [9.17, 15) is 17.9 Å². The summed E-state index contributed by atoms with van der Waals surface area (Å²) in [6.07, 6.45) is 2.88. The predicted molar refractivity (Wildman–Crippen MR) is 148 cm³/mol. The van der Waals surface area contributed by atoms with Crippen molar-refractivity contribution in [2.45, 2.75) is 32.3 Å². The van der Waals surface area contributed by atoms with Crippen molar-refractivity contribution in [3.05, 3.63) is 94.6 Å². The number of aryl methyl sites for hydroxylation is 3. The molecular formula is C29H25ClFN3O4S. The average Bonchev–Trinajstić information content (AvgIpc) is 3.43. The molecule has 39 heavy (non-hydrogen) atoms. The Labute approximate surface area is 230 Å². The van der Waals surface area contributed by atoms with Crippen molar-refractivity contribution in [2.75, 3.05) is 6.26 Å². The van der Waals surface area contributed by atoms with Crippen molar-refractivity contribution in [1.82, 2.24) is 14.5 Å². The van der Waals surface area contributed by atoms with E-state index in [1.165, 1.54) is 12.1 Å². The highest BCUT2D eigenvalue weighted by atomic mass is 35.5. The quantitative estimate of drug-likeness (QED) is 0.253. The van der Waals surface area contributed by atoms with Crippen molar-refractivity contribution in [3.8, 4) is 39.4 Å². The molecule has 1 N–H and O–H groups in total. The Hall–Kier alpha value is -3.79. The molecule has 0 saturated heterocycles. The lowest BCUT2D eigenvalue weighted by atomic mass is 9.97. The van der Waals surface area contributed by atoms with Gasteiger partial charge >= 0.3 is 0 Å². The summed E-state index contributed by atoms with van der Waals surface area (Å²) in [5, 5.41) is 10.2. The van der Waals surface area contributed by atoms with Crippen LogP contribution >= 0.6 is 11.6 Å². The number of imidazole rings is 1. The Bertz CT molecular complexity index is 1830. The van der Waals surface area contributed by atoms with Gasteiger partial charge in [-0.2, -0.15) is 0 Å². The lowest BCUT2D eigenvalue weighted by molar-refractivity contribution is 0.272. The van der Waals surface area contributed by atoms with E-state index >= 15 is 0 Å². The molecule has 0 spiro atoms. The maximum Gasteiger partial charge on any atom is 0.192 e. The number of sulfone groups is 1. The molecule has 7 nitrogen and oxygen atoms in total. The van der Waals surface area contributed by atoms with Gasteiger partial charge in [0.15, 0.2) is 21.5 Å². The molecule has 0 saturated carbocycles. The van der Waals surface area contributed by atoms with E-state index in [1.54, 1.807) is 25.1 Å². The zero-order valence-corrected chi connectivity index (χ0v) is 23.2. The van der Waals surface area contributed by atoms with E-state index in [-0.39, 0.29) is 10.5 Å². The Kier molecular flexibility index (Phi) is 6.92. The van der Waals surface area contributed by atoms with Crippen molar-refractivity contribution < 1.29 is 22.3 Å². The number of aromatic nitrogens is 3. The van der Waals surface area contributed by atoms with Gasteiger partial charge in [-0.3, -0.25) is 0 Å². The van der Waals surface area contributed by atoms with Crippen LogP contribution in [0.5, 0.6) is 0 Å². The third-order valence-electron chi connectivity index (χ3n) is 6.40. The molecule has 0 aliphatic rings. The molecule has 10 heteroatoms. The first kappa shape index (κ1) is 26.8. The van der Waals surface area contributed by atoms with Crippen LogP contribution in [0.15, 0.2) is 70.1 Å². The third kappa shape index (κ3) is 5.13. The normalized spacial score (nSPS) is 11.8. The van der Waals surface area contributed by atoms with Gasteiger partial charge in [-0.1, -0.05) is 29.8 Å². The van der Waals surface area contributed by atoms with E-state index < -0.39 is 22.3 Å². The summed E-state index contributed by atoms with van der Waals surface area (Å²) in [5.41, 5.74) is 4.22. The Morgan fingerprint density at radius 2 is 1.67 bits per heavy atom. The number of rotatable bonds is 6. The first-order valence-corrected chi connectivity index (χ1v) is 14.3. The van der Waals surface area contributed by atoms with Crippen LogP contribution in [-0.4, -0.2) is 34.3 Å². The molecule has 0 aliphatic carbocycles. The first-order chi connectivity index (χ1) is 18.5. The van der Waals surface area contributed by atoms with Gasteiger partial charge in [-0.25, -0.2) is 22.8 Å². The summed E-state index contributed by atoms with van der Waals surface area (Å²) in [6.45, 7) is 4.80. The monoisotopic (exact) mass is 565 g/mol. The van der Waals surface area contributed by atoms with Crippen LogP contribution < -0.4 is 0 Å². The number of oxazole rings is 1. The number of halogens is 2. The number of hydrogen-bond donors (Lipinski definition) is 1. The number of aliphatic hydroxyl groups is 1. The molecule has 2 heterocycles. The lowest BCUT2D eigenvalue weighted by Crippen LogP contribution is -2.06. The summed E-state index contributed by atoms with van der Waals surface area (Å²) < 4.78 is 47.9. The van der Waals surface area contributed by atoms with Gasteiger partial charge in [0.1, 0.15) is 17.3 Å². The Morgan fingerprint density at radius 3 is 2.28 bits per heavy atom. The summed E-state index contributed by atoms with van der Waals surface area (Å²) >= 11 is 6.11. The molecule has 0 bridgehead atoms. The van der Waals surface area contributed by atoms with Crippen LogP contribution in [0.25, 0.3) is 39.4 Å². The van der Waals surface area contributed by atoms with Crippen LogP contribution in [-0.2, 0) is 16.4 Å². The Balaban J connectivity index is 1.79. The zero-order chi connectivity index (χ0) is 28.1. The Morgan fingerprint density at radius 1 is 0.974 bits per heavy atom. The third-order valence-corrected chi connectivity index (χ3v) is 7.82. The molecule has 5 aromatic rings. The van der Waals surface area contributed by atoms with Crippen LogP contribution in [0.3, 0.4) is 0 Å². The SMILES string of the molecule is Cc1cn(-c2ccc(-c3cc(F)c(CO)c(S(C)(=O)=O)c3)cc2-c2oc(C)nc2-c2ccc(Cl)cc2)c(C)n1. The van der Waals surface area contributed by atoms with Crippen molar-refractivity contribution in [3.63, 3.8) is 0 Å². The fourth-order valence-corrected chi connectivity index (χ4v) is 5.72. The van der Waals surface area contributed by atoms with Gasteiger partial charge in [-0.15, -0.1) is 0 Å². The minimum absolute atomic E-state index is 0.260. The predicted octanol–water partition coefficient (Wildman–Crippen LogP) is 6.47. The van der Waals surface area contributed by atoms with Gasteiger partial charge in [0.2, 0.25) is 0 Å². The minimum atomic E-state index is -3.81. The maximum absolute atomic E-state index is 15.0. The summed E-state index contributed by atoms with van der Waals surface area (Å²) in [6, 6.07) is 15.3. The molecule has 0 unspecified atom stereocenters. The average molecular weight is 566 g/mol. The standard InChI is InChI=1S/C29H25ClFN3O4S/c1-16-14-34(17(2)32-16)26-10-7-20(21-12-25(31)24(15-35)27(13-21)39(4,36)37)11-23(26)29-28(33-18(3)38-29)19-5-8-22(30)9-6-19/h5-14,35H,15H2,1-4H3. The van der Waals surface area contributed by atoms with Gasteiger partial charge < -0.3 is 14.1 Å². The fourth-order valence-electron chi connectivity index (χ4n) is 4.64. The van der Waals surface area contributed by atoms with Crippen molar-refractivity contribution in [1.29, 1.82) is 0 Å². The maximum atomic E-state index is 15.0. The molecule has 0 atom stereocenters. The highest BCUT2D eigenvalue weighted by Gasteiger charge is 2.23. The molecule has 0 fully saturated rings. The van der Waals surface area contributed by atoms with Gasteiger partial charge in [-0.05, 0) is 61.4 Å². The van der Waals surface area contributed by atoms with Crippen LogP contribution in [0.1, 0.15) is 23.0 Å². The molecule has 0 amide bonds. The summed E-state index contributed by atoms with van der Waals surface area (Å²) in [7, 11) is -3.81. The zero-order valence-electron chi connectivity index (χ0n) is 21.7. The largest absolute Gasteiger partial charge is 0.440 e. The molecule has 5 rings (SSSR count). The van der Waals surface area contributed by atoms with E-state index in [0.29, 0.717) is 39.1 Å². The smallest absolute Gasteiger partial charge is 0.192 e. The fraction of sp³-hybridized carbons (Fsp3) is 0.172. The second-order valence-corrected chi connectivity index (χ2v) is 11.7. The highest BCUT2D eigenvalue weighted by molar-refractivity contribution is 7.90. The molecular weight excluding hydrogens is 541 g/mol. The lowest BCUT2D eigenvalue weighted by Gasteiger charge is -2.15. The van der Waals surface area contributed by atoms with Gasteiger partial charge in [0, 0.05) is 41.1 Å². The summed E-state index contributed by atoms with van der Waals surface area (Å²) in [5.74, 6) is 0.874. The highest BCUT2D eigenvalue weighted by Crippen LogP contribution is 2.39. The first-order valence-electron chi connectivity index (χ1n) is 12.0. The van der Waals surface area contributed by atoms with Crippen LogP contribution in [0.4, 0.5) is 4.39 Å². The number of aliphatic hydroxyl groups excluding tert-OH is 1. The topological polar surface area (TPSA) is 98.2 Å². The van der Waals surface area contributed by atoms with E-state index in [2.05, 4.69) is 9.97 Å². The van der Waals surface area contributed by atoms with E-state index in [1.807, 2.05) is 48.9 Å². The van der Waals surface area contributed by atoms with E-state index in [4.69, 9.17) is 16.0 Å². The molecule has 0 aliphatic heterocycles. The second-order valence-electron chi connectivity index (χ2n) is 9.31. The molecule has 3 aromatic carbocycles. The van der Waals surface area contributed by atoms with E-state index in [0.717, 1.165) is 29.0 Å². The van der Waals surface area contributed by atoms with Crippen LogP contribution in [0.2, 0.25) is 5.02 Å². The number of nitrogens with zero attached hydrogens (tertiary/aromatic N) is 3. The van der Waals surface area contributed by atoms with Crippen LogP contribution in [0, 0.1) is 26.6 Å². The minimum Gasteiger partial charge on any atom is -0.440 e. The number of benzene rings is 3. The molecule has 200 valence electrons.